The van der Waals surface area contributed by atoms with E-state index in [-0.39, 0.29) is 6.10 Å². The molecule has 28 heavy (non-hydrogen) atoms. The quantitative estimate of drug-likeness (QED) is 0.594. The third-order valence-electron chi connectivity index (χ3n) is 5.04. The lowest BCUT2D eigenvalue weighted by atomic mass is 10.1. The highest BCUT2D eigenvalue weighted by atomic mass is 32.2. The van der Waals surface area contributed by atoms with Crippen LogP contribution in [0.5, 0.6) is 5.19 Å². The number of para-hydroxylation sites is 1. The monoisotopic (exact) mass is 416 g/mol. The molecule has 0 saturated carbocycles. The number of piperidine rings is 1. The first kappa shape index (κ1) is 19.4. The van der Waals surface area contributed by atoms with Crippen LogP contribution in [0.1, 0.15) is 31.7 Å². The number of sulfonamides is 1. The van der Waals surface area contributed by atoms with Gasteiger partial charge in [-0.3, -0.25) is 0 Å². The van der Waals surface area contributed by atoms with Crippen molar-refractivity contribution in [2.24, 2.45) is 0 Å². The van der Waals surface area contributed by atoms with Gasteiger partial charge in [-0.05, 0) is 49.1 Å². The highest BCUT2D eigenvalue weighted by molar-refractivity contribution is 7.89. The molecular weight excluding hydrogens is 392 g/mol. The second-order valence-corrected chi connectivity index (χ2v) is 9.99. The van der Waals surface area contributed by atoms with Gasteiger partial charge in [-0.15, -0.1) is 0 Å². The first-order valence-corrected chi connectivity index (χ1v) is 11.9. The van der Waals surface area contributed by atoms with Crippen LogP contribution in [-0.2, 0) is 16.4 Å². The summed E-state index contributed by atoms with van der Waals surface area (Å²) in [5, 5.41) is 0.661. The fraction of sp³-hybridized carbons (Fsp3) is 0.381. The second kappa shape index (κ2) is 8.19. The first-order valence-electron chi connectivity index (χ1n) is 9.67. The predicted octanol–water partition coefficient (Wildman–Crippen LogP) is 4.48. The molecule has 0 unspecified atom stereocenters. The SMILES string of the molecule is CCCc1ccc(S(=O)(=O)N2CCC(Oc3nc4ccccc4s3)CC2)cc1. The number of ether oxygens (including phenoxy) is 1. The number of thiazole rings is 1. The Labute approximate surface area is 170 Å². The molecule has 1 fully saturated rings. The van der Waals surface area contributed by atoms with Crippen LogP contribution in [-0.4, -0.2) is 36.9 Å². The summed E-state index contributed by atoms with van der Waals surface area (Å²) < 4.78 is 34.5. The van der Waals surface area contributed by atoms with Crippen LogP contribution in [0.2, 0.25) is 0 Å². The maximum atomic E-state index is 12.9. The highest BCUT2D eigenvalue weighted by Gasteiger charge is 2.30. The van der Waals surface area contributed by atoms with Crippen molar-refractivity contribution < 1.29 is 13.2 Å². The number of hydrogen-bond acceptors (Lipinski definition) is 5. The topological polar surface area (TPSA) is 59.5 Å². The van der Waals surface area contributed by atoms with E-state index in [1.54, 1.807) is 16.4 Å². The number of nitrogens with zero attached hydrogens (tertiary/aromatic N) is 2. The van der Waals surface area contributed by atoms with E-state index in [2.05, 4.69) is 11.9 Å². The normalized spacial score (nSPS) is 16.5. The molecule has 1 aromatic heterocycles. The Morgan fingerprint density at radius 2 is 1.82 bits per heavy atom. The number of hydrogen-bond donors (Lipinski definition) is 0. The number of benzene rings is 2. The third-order valence-corrected chi connectivity index (χ3v) is 7.88. The van der Waals surface area contributed by atoms with Crippen LogP contribution in [0.15, 0.2) is 53.4 Å². The molecular formula is C21H24N2O3S2. The van der Waals surface area contributed by atoms with Crippen LogP contribution < -0.4 is 4.74 Å². The standard InChI is InChI=1S/C21H24N2O3S2/c1-2-5-16-8-10-18(11-9-16)28(24,25)23-14-12-17(13-15-23)26-21-22-19-6-3-4-7-20(19)27-21/h3-4,6-11,17H,2,5,12-15H2,1H3. The van der Waals surface area contributed by atoms with Crippen molar-refractivity contribution in [3.63, 3.8) is 0 Å². The average Bonchev–Trinajstić information content (AvgIpc) is 3.11. The molecule has 0 spiro atoms. The van der Waals surface area contributed by atoms with Crippen LogP contribution in [0.3, 0.4) is 0 Å². The van der Waals surface area contributed by atoms with E-state index in [0.29, 0.717) is 36.0 Å². The minimum atomic E-state index is -3.45. The molecule has 0 atom stereocenters. The number of fused-ring (bicyclic) bond motifs is 1. The zero-order valence-electron chi connectivity index (χ0n) is 15.9. The largest absolute Gasteiger partial charge is 0.467 e. The van der Waals surface area contributed by atoms with Gasteiger partial charge in [0.05, 0.1) is 15.1 Å². The predicted molar refractivity (Wildman–Crippen MR) is 112 cm³/mol. The van der Waals surface area contributed by atoms with Crippen LogP contribution in [0, 0.1) is 0 Å². The van der Waals surface area contributed by atoms with Gasteiger partial charge in [0.25, 0.3) is 5.19 Å². The molecule has 0 radical (unpaired) electrons. The fourth-order valence-electron chi connectivity index (χ4n) is 3.50. The lowest BCUT2D eigenvalue weighted by Gasteiger charge is -2.30. The summed E-state index contributed by atoms with van der Waals surface area (Å²) in [7, 11) is -3.45. The van der Waals surface area contributed by atoms with Crippen molar-refractivity contribution in [1.29, 1.82) is 0 Å². The Hall–Kier alpha value is -1.96. The average molecular weight is 417 g/mol. The fourth-order valence-corrected chi connectivity index (χ4v) is 5.85. The lowest BCUT2D eigenvalue weighted by Crippen LogP contribution is -2.41. The molecule has 2 heterocycles. The van der Waals surface area contributed by atoms with Crippen LogP contribution in [0.25, 0.3) is 10.2 Å². The van der Waals surface area contributed by atoms with Crippen molar-refractivity contribution in [3.05, 3.63) is 54.1 Å². The minimum absolute atomic E-state index is 0.000979. The van der Waals surface area contributed by atoms with Crippen molar-refractivity contribution >= 4 is 31.6 Å². The molecule has 5 nitrogen and oxygen atoms in total. The molecule has 148 valence electrons. The first-order chi connectivity index (χ1) is 13.6. The molecule has 3 aromatic rings. The summed E-state index contributed by atoms with van der Waals surface area (Å²) in [5.41, 5.74) is 2.11. The maximum absolute atomic E-state index is 12.9. The molecule has 1 aliphatic heterocycles. The summed E-state index contributed by atoms with van der Waals surface area (Å²) in [6.45, 7) is 3.05. The molecule has 4 rings (SSSR count). The van der Waals surface area contributed by atoms with Crippen molar-refractivity contribution in [2.75, 3.05) is 13.1 Å². The van der Waals surface area contributed by atoms with Crippen LogP contribution >= 0.6 is 11.3 Å². The smallest absolute Gasteiger partial charge is 0.274 e. The molecule has 2 aromatic carbocycles. The summed E-state index contributed by atoms with van der Waals surface area (Å²) >= 11 is 1.53. The Balaban J connectivity index is 1.38. The van der Waals surface area contributed by atoms with Gasteiger partial charge in [0.15, 0.2) is 0 Å². The van der Waals surface area contributed by atoms with Crippen LogP contribution in [0.4, 0.5) is 0 Å². The van der Waals surface area contributed by atoms with E-state index in [4.69, 9.17) is 4.74 Å². The van der Waals surface area contributed by atoms with Gasteiger partial charge in [-0.1, -0.05) is 48.9 Å². The van der Waals surface area contributed by atoms with E-state index >= 15 is 0 Å². The molecule has 1 aliphatic rings. The summed E-state index contributed by atoms with van der Waals surface area (Å²) in [4.78, 5) is 4.88. The Morgan fingerprint density at radius 3 is 2.50 bits per heavy atom. The maximum Gasteiger partial charge on any atom is 0.274 e. The van der Waals surface area contributed by atoms with E-state index in [1.165, 1.54) is 16.9 Å². The molecule has 0 bridgehead atoms. The van der Waals surface area contributed by atoms with Gasteiger partial charge in [0.2, 0.25) is 10.0 Å². The van der Waals surface area contributed by atoms with Gasteiger partial charge in [-0.25, -0.2) is 13.4 Å². The van der Waals surface area contributed by atoms with Gasteiger partial charge >= 0.3 is 0 Å². The zero-order chi connectivity index (χ0) is 19.6. The number of rotatable bonds is 6. The van der Waals surface area contributed by atoms with Gasteiger partial charge in [-0.2, -0.15) is 4.31 Å². The third kappa shape index (κ3) is 4.06. The number of aromatic nitrogens is 1. The second-order valence-electron chi connectivity index (χ2n) is 7.06. The molecule has 0 N–H and O–H groups in total. The molecule has 7 heteroatoms. The van der Waals surface area contributed by atoms with E-state index < -0.39 is 10.0 Å². The Morgan fingerprint density at radius 1 is 1.11 bits per heavy atom. The van der Waals surface area contributed by atoms with Crippen molar-refractivity contribution in [1.82, 2.24) is 9.29 Å². The highest BCUT2D eigenvalue weighted by Crippen LogP contribution is 2.30. The zero-order valence-corrected chi connectivity index (χ0v) is 17.5. The van der Waals surface area contributed by atoms with E-state index in [1.807, 2.05) is 36.4 Å². The molecule has 0 aliphatic carbocycles. The minimum Gasteiger partial charge on any atom is -0.467 e. The van der Waals surface area contributed by atoms with Gasteiger partial charge in [0, 0.05) is 13.1 Å². The summed E-state index contributed by atoms with van der Waals surface area (Å²) in [5.74, 6) is 0. The Kier molecular flexibility index (Phi) is 5.66. The summed E-state index contributed by atoms with van der Waals surface area (Å²) in [6.07, 6.45) is 3.36. The van der Waals surface area contributed by atoms with E-state index in [9.17, 15) is 8.42 Å². The summed E-state index contributed by atoms with van der Waals surface area (Å²) in [6, 6.07) is 15.2. The van der Waals surface area contributed by atoms with Gasteiger partial charge < -0.3 is 4.74 Å². The Bertz CT molecular complexity index is 1000. The van der Waals surface area contributed by atoms with Crippen molar-refractivity contribution in [2.45, 2.75) is 43.6 Å². The van der Waals surface area contributed by atoms with Crippen molar-refractivity contribution in [3.8, 4) is 5.19 Å². The lowest BCUT2D eigenvalue weighted by molar-refractivity contribution is 0.135. The van der Waals surface area contributed by atoms with E-state index in [0.717, 1.165) is 23.1 Å². The number of aryl methyl sites for hydroxylation is 1. The molecule has 0 amide bonds. The van der Waals surface area contributed by atoms with Gasteiger partial charge in [0.1, 0.15) is 6.10 Å². The molecule has 1 saturated heterocycles.